The molecule has 0 unspecified atom stereocenters. The van der Waals surface area contributed by atoms with Crippen molar-refractivity contribution >= 4 is 51.9 Å². The first-order valence-electron chi connectivity index (χ1n) is 11.6. The second-order valence-corrected chi connectivity index (χ2v) is 8.94. The van der Waals surface area contributed by atoms with Crippen molar-refractivity contribution in [3.05, 3.63) is 96.8 Å². The van der Waals surface area contributed by atoms with Gasteiger partial charge in [0, 0.05) is 52.4 Å². The average Bonchev–Trinajstić information content (AvgIpc) is 2.96. The molecule has 0 radical (unpaired) electrons. The van der Waals surface area contributed by atoms with Gasteiger partial charge in [0.15, 0.2) is 11.6 Å². The second kappa shape index (κ2) is 11.5. The van der Waals surface area contributed by atoms with Crippen molar-refractivity contribution in [1.29, 1.82) is 0 Å². The molecule has 3 N–H and O–H groups in total. The molecular weight excluding hydrogens is 500 g/mol. The van der Waals surface area contributed by atoms with Crippen LogP contribution in [0, 0.1) is 0 Å². The average molecular weight is 525 g/mol. The molecule has 0 aliphatic heterocycles. The predicted molar refractivity (Wildman–Crippen MR) is 150 cm³/mol. The van der Waals surface area contributed by atoms with E-state index in [-0.39, 0.29) is 5.91 Å². The molecule has 5 aromatic rings. The minimum atomic E-state index is -0.205. The molecule has 5 rings (SSSR count). The highest BCUT2D eigenvalue weighted by Gasteiger charge is 2.12. The number of para-hydroxylation sites is 2. The van der Waals surface area contributed by atoms with Crippen LogP contribution in [0.3, 0.4) is 0 Å². The van der Waals surface area contributed by atoms with E-state index in [0.29, 0.717) is 34.4 Å². The molecule has 0 aliphatic rings. The number of methoxy groups -OCH3 is 2. The number of anilines is 4. The maximum Gasteiger partial charge on any atom is 0.255 e. The molecule has 1 amide bonds. The lowest BCUT2D eigenvalue weighted by molar-refractivity contribution is 0.102. The summed E-state index contributed by atoms with van der Waals surface area (Å²) < 4.78 is 14.1. The Kier molecular flexibility index (Phi) is 7.51. The van der Waals surface area contributed by atoms with E-state index in [2.05, 4.69) is 20.3 Å². The first-order valence-corrected chi connectivity index (χ1v) is 12.4. The van der Waals surface area contributed by atoms with Gasteiger partial charge in [-0.1, -0.05) is 18.2 Å². The number of carbonyl (C=O) groups is 1. The van der Waals surface area contributed by atoms with Crippen LogP contribution >= 0.6 is 11.9 Å². The molecule has 9 nitrogen and oxygen atoms in total. The Hall–Kier alpha value is -4.83. The zero-order valence-electron chi connectivity index (χ0n) is 20.6. The maximum atomic E-state index is 12.5. The minimum Gasteiger partial charge on any atom is -0.497 e. The fourth-order valence-corrected chi connectivity index (χ4v) is 4.32. The molecule has 0 atom stereocenters. The number of ether oxygens (including phenoxy) is 2. The van der Waals surface area contributed by atoms with E-state index < -0.39 is 0 Å². The lowest BCUT2D eigenvalue weighted by atomic mass is 10.2. The quantitative estimate of drug-likeness (QED) is 0.195. The minimum absolute atomic E-state index is 0.205. The number of rotatable bonds is 9. The van der Waals surface area contributed by atoms with Crippen LogP contribution < -0.4 is 24.8 Å². The van der Waals surface area contributed by atoms with Crippen LogP contribution in [0.1, 0.15) is 10.4 Å². The number of nitrogens with one attached hydrogen (secondary N) is 3. The topological polar surface area (TPSA) is 110 Å². The van der Waals surface area contributed by atoms with E-state index in [4.69, 9.17) is 19.4 Å². The number of hydrogen-bond acceptors (Lipinski definition) is 9. The monoisotopic (exact) mass is 524 g/mol. The highest BCUT2D eigenvalue weighted by atomic mass is 32.2. The largest absolute Gasteiger partial charge is 0.497 e. The summed E-state index contributed by atoms with van der Waals surface area (Å²) in [4.78, 5) is 26.9. The molecule has 190 valence electrons. The van der Waals surface area contributed by atoms with Gasteiger partial charge in [-0.15, -0.1) is 0 Å². The van der Waals surface area contributed by atoms with Gasteiger partial charge in [0.05, 0.1) is 25.3 Å². The van der Waals surface area contributed by atoms with Gasteiger partial charge in [0.2, 0.25) is 0 Å². The summed E-state index contributed by atoms with van der Waals surface area (Å²) in [5.41, 5.74) is 3.45. The molecule has 2 heterocycles. The standard InChI is InChI=1S/C28H24N6O3S/c1-36-21-14-20(15-22(17-21)37-2)30-26-27(33-25-9-4-3-8-24(25)32-26)34-38-23-7-5-6-19(16-23)31-28(35)18-10-12-29-13-11-18/h3-17H,1-2H3,(H,30,32)(H,31,35)(H,33,34). The third kappa shape index (κ3) is 5.93. The summed E-state index contributed by atoms with van der Waals surface area (Å²) >= 11 is 1.36. The number of pyridine rings is 1. The molecule has 0 saturated heterocycles. The summed E-state index contributed by atoms with van der Waals surface area (Å²) in [6, 6.07) is 24.0. The van der Waals surface area contributed by atoms with Gasteiger partial charge in [0.1, 0.15) is 11.5 Å². The Morgan fingerprint density at radius 1 is 0.763 bits per heavy atom. The van der Waals surface area contributed by atoms with Crippen molar-refractivity contribution < 1.29 is 14.3 Å². The second-order valence-electron chi connectivity index (χ2n) is 8.06. The number of amides is 1. The van der Waals surface area contributed by atoms with Crippen molar-refractivity contribution in [1.82, 2.24) is 15.0 Å². The Morgan fingerprint density at radius 2 is 1.45 bits per heavy atom. The van der Waals surface area contributed by atoms with Gasteiger partial charge in [-0.2, -0.15) is 0 Å². The number of fused-ring (bicyclic) bond motifs is 1. The van der Waals surface area contributed by atoms with E-state index in [1.165, 1.54) is 11.9 Å². The summed E-state index contributed by atoms with van der Waals surface area (Å²) in [5.74, 6) is 2.17. The number of aromatic nitrogens is 3. The summed E-state index contributed by atoms with van der Waals surface area (Å²) in [7, 11) is 3.21. The number of carbonyl (C=O) groups excluding carboxylic acids is 1. The van der Waals surface area contributed by atoms with Crippen LogP contribution in [0.5, 0.6) is 11.5 Å². The Balaban J connectivity index is 1.38. The zero-order valence-corrected chi connectivity index (χ0v) is 21.5. The summed E-state index contributed by atoms with van der Waals surface area (Å²) in [6.45, 7) is 0. The van der Waals surface area contributed by atoms with Crippen LogP contribution in [0.25, 0.3) is 11.0 Å². The molecule has 0 spiro atoms. The number of nitrogens with zero attached hydrogens (tertiary/aromatic N) is 3. The van der Waals surface area contributed by atoms with Crippen molar-refractivity contribution in [3.8, 4) is 11.5 Å². The van der Waals surface area contributed by atoms with Crippen LogP contribution in [0.4, 0.5) is 23.0 Å². The van der Waals surface area contributed by atoms with Crippen LogP contribution in [0.2, 0.25) is 0 Å². The van der Waals surface area contributed by atoms with E-state index in [9.17, 15) is 4.79 Å². The third-order valence-electron chi connectivity index (χ3n) is 5.48. The summed E-state index contributed by atoms with van der Waals surface area (Å²) in [5, 5.41) is 6.25. The molecule has 0 aliphatic carbocycles. The van der Waals surface area contributed by atoms with E-state index in [1.54, 1.807) is 44.8 Å². The third-order valence-corrected chi connectivity index (χ3v) is 6.27. The van der Waals surface area contributed by atoms with Crippen molar-refractivity contribution in [2.45, 2.75) is 4.90 Å². The molecule has 0 saturated carbocycles. The van der Waals surface area contributed by atoms with Crippen molar-refractivity contribution in [2.24, 2.45) is 0 Å². The van der Waals surface area contributed by atoms with Gasteiger partial charge in [-0.25, -0.2) is 9.97 Å². The summed E-state index contributed by atoms with van der Waals surface area (Å²) in [6.07, 6.45) is 3.17. The van der Waals surface area contributed by atoms with E-state index in [0.717, 1.165) is 21.6 Å². The van der Waals surface area contributed by atoms with Gasteiger partial charge >= 0.3 is 0 Å². The normalized spacial score (nSPS) is 10.6. The molecular formula is C28H24N6O3S. The first kappa shape index (κ1) is 24.8. The fraction of sp³-hybridized carbons (Fsp3) is 0.0714. The SMILES string of the molecule is COc1cc(Nc2nc3ccccc3nc2NSc2cccc(NC(=O)c3ccncc3)c2)cc(OC)c1. The highest BCUT2D eigenvalue weighted by molar-refractivity contribution is 8.00. The smallest absolute Gasteiger partial charge is 0.255 e. The molecule has 2 aromatic heterocycles. The number of hydrogen-bond donors (Lipinski definition) is 3. The van der Waals surface area contributed by atoms with Gasteiger partial charge < -0.3 is 24.8 Å². The molecule has 0 fully saturated rings. The Labute approximate surface area is 223 Å². The molecule has 0 bridgehead atoms. The maximum absolute atomic E-state index is 12.5. The van der Waals surface area contributed by atoms with Crippen LogP contribution in [-0.2, 0) is 0 Å². The first-order chi connectivity index (χ1) is 18.6. The Morgan fingerprint density at radius 3 is 2.13 bits per heavy atom. The van der Waals surface area contributed by atoms with Crippen LogP contribution in [0.15, 0.2) is 96.2 Å². The Bertz CT molecular complexity index is 1560. The van der Waals surface area contributed by atoms with E-state index >= 15 is 0 Å². The lowest BCUT2D eigenvalue weighted by Gasteiger charge is -2.15. The van der Waals surface area contributed by atoms with Gasteiger partial charge in [0.25, 0.3) is 5.91 Å². The molecule has 10 heteroatoms. The molecule has 38 heavy (non-hydrogen) atoms. The lowest BCUT2D eigenvalue weighted by Crippen LogP contribution is -2.11. The fourth-order valence-electron chi connectivity index (χ4n) is 3.63. The van der Waals surface area contributed by atoms with Gasteiger partial charge in [-0.3, -0.25) is 9.78 Å². The number of benzene rings is 3. The van der Waals surface area contributed by atoms with Crippen LogP contribution in [-0.4, -0.2) is 35.1 Å². The van der Waals surface area contributed by atoms with Crippen molar-refractivity contribution in [3.63, 3.8) is 0 Å². The van der Waals surface area contributed by atoms with E-state index in [1.807, 2.05) is 60.7 Å². The van der Waals surface area contributed by atoms with Crippen molar-refractivity contribution in [2.75, 3.05) is 29.6 Å². The molecule has 3 aromatic carbocycles. The highest BCUT2D eigenvalue weighted by Crippen LogP contribution is 2.32. The predicted octanol–water partition coefficient (Wildman–Crippen LogP) is 6.16. The van der Waals surface area contributed by atoms with Gasteiger partial charge in [-0.05, 0) is 54.4 Å². The zero-order chi connectivity index (χ0) is 26.3.